The van der Waals surface area contributed by atoms with Crippen LogP contribution in [0.4, 0.5) is 0 Å². The second-order valence-corrected chi connectivity index (χ2v) is 9.60. The second kappa shape index (κ2) is 8.41. The van der Waals surface area contributed by atoms with E-state index in [1.807, 2.05) is 31.2 Å². The Morgan fingerprint density at radius 1 is 1.14 bits per heavy atom. The summed E-state index contributed by atoms with van der Waals surface area (Å²) in [6.45, 7) is 4.07. The van der Waals surface area contributed by atoms with Crippen molar-refractivity contribution >= 4 is 49.3 Å². The van der Waals surface area contributed by atoms with E-state index in [1.165, 1.54) is 4.90 Å². The molecule has 154 valence electrons. The number of carbonyl (C=O) groups excluding carboxylic acids is 1. The quantitative estimate of drug-likeness (QED) is 0.466. The van der Waals surface area contributed by atoms with Crippen molar-refractivity contribution in [2.45, 2.75) is 25.8 Å². The van der Waals surface area contributed by atoms with Crippen molar-refractivity contribution in [2.75, 3.05) is 12.3 Å². The summed E-state index contributed by atoms with van der Waals surface area (Å²) >= 11 is 8.86. The van der Waals surface area contributed by atoms with Crippen LogP contribution in [0.15, 0.2) is 53.0 Å². The summed E-state index contributed by atoms with van der Waals surface area (Å²) in [7, 11) is -3.64. The molecule has 2 aromatic carbocycles. The number of nitrogens with zero attached hydrogens (tertiary/aromatic N) is 1. The molecule has 1 heterocycles. The normalized spacial score (nSPS) is 19.3. The van der Waals surface area contributed by atoms with Crippen molar-refractivity contribution in [2.24, 2.45) is 0 Å². The van der Waals surface area contributed by atoms with Crippen LogP contribution in [0, 0.1) is 0 Å². The smallest absolute Gasteiger partial charge is 0.309 e. The number of halogens is 1. The lowest BCUT2D eigenvalue weighted by Gasteiger charge is -2.28. The first-order valence-corrected chi connectivity index (χ1v) is 11.9. The molecule has 1 aliphatic heterocycles. The highest BCUT2D eigenvalue weighted by Gasteiger charge is 2.51. The van der Waals surface area contributed by atoms with E-state index >= 15 is 0 Å². The Balaban J connectivity index is 2.07. The molecule has 2 aromatic rings. The Morgan fingerprint density at radius 2 is 1.83 bits per heavy atom. The number of likely N-dealkylation sites (N-methyl/N-ethyl adjacent to an activating group) is 1. The molecule has 0 radical (unpaired) electrons. The zero-order valence-electron chi connectivity index (χ0n) is 16.0. The first kappa shape index (κ1) is 21.7. The van der Waals surface area contributed by atoms with Gasteiger partial charge in [-0.2, -0.15) is 8.42 Å². The van der Waals surface area contributed by atoms with E-state index in [4.69, 9.17) is 16.4 Å². The van der Waals surface area contributed by atoms with E-state index in [9.17, 15) is 13.2 Å². The predicted molar refractivity (Wildman–Crippen MR) is 119 cm³/mol. The van der Waals surface area contributed by atoms with Gasteiger partial charge in [-0.05, 0) is 61.0 Å². The van der Waals surface area contributed by atoms with Crippen LogP contribution in [-0.2, 0) is 20.5 Å². The molecule has 1 aliphatic rings. The summed E-state index contributed by atoms with van der Waals surface area (Å²) in [5.74, 6) is -0.0430. The lowest BCUT2D eigenvalue weighted by molar-refractivity contribution is -0.129. The maximum atomic E-state index is 13.4. The number of hydrogen-bond donors (Lipinski definition) is 1. The van der Waals surface area contributed by atoms with E-state index < -0.39 is 15.7 Å². The van der Waals surface area contributed by atoms with E-state index in [0.717, 1.165) is 10.0 Å². The van der Waals surface area contributed by atoms with E-state index in [1.54, 1.807) is 31.2 Å². The molecule has 0 aliphatic carbocycles. The third kappa shape index (κ3) is 4.17. The van der Waals surface area contributed by atoms with Gasteiger partial charge in [0.1, 0.15) is 5.75 Å². The lowest BCUT2D eigenvalue weighted by atomic mass is 9.82. The molecule has 1 amide bonds. The summed E-state index contributed by atoms with van der Waals surface area (Å²) in [5.41, 5.74) is 0.166. The van der Waals surface area contributed by atoms with Crippen molar-refractivity contribution in [3.8, 4) is 5.75 Å². The van der Waals surface area contributed by atoms with Gasteiger partial charge >= 0.3 is 10.1 Å². The first-order valence-electron chi connectivity index (χ1n) is 9.16. The number of amides is 1. The maximum absolute atomic E-state index is 13.4. The van der Waals surface area contributed by atoms with E-state index in [0.29, 0.717) is 23.6 Å². The fourth-order valence-electron chi connectivity index (χ4n) is 3.34. The SMILES string of the molecule is CCCS(=O)(=O)Oc1ccc(C2(c3cccc(Br)c3)NC(=S)N(CC)C2=O)cc1. The third-order valence-electron chi connectivity index (χ3n) is 4.64. The lowest BCUT2D eigenvalue weighted by Crippen LogP contribution is -2.45. The van der Waals surface area contributed by atoms with Crippen LogP contribution in [0.3, 0.4) is 0 Å². The van der Waals surface area contributed by atoms with Gasteiger partial charge in [0.05, 0.1) is 5.75 Å². The largest absolute Gasteiger partial charge is 0.382 e. The summed E-state index contributed by atoms with van der Waals surface area (Å²) in [5, 5.41) is 3.54. The average Bonchev–Trinajstić information content (AvgIpc) is 2.92. The minimum Gasteiger partial charge on any atom is -0.382 e. The Kier molecular flexibility index (Phi) is 6.30. The van der Waals surface area contributed by atoms with Crippen LogP contribution >= 0.6 is 28.1 Å². The highest BCUT2D eigenvalue weighted by atomic mass is 79.9. The zero-order valence-corrected chi connectivity index (χ0v) is 19.2. The molecule has 1 unspecified atom stereocenters. The Bertz CT molecular complexity index is 1040. The molecule has 0 bridgehead atoms. The van der Waals surface area contributed by atoms with Gasteiger partial charge in [0.2, 0.25) is 0 Å². The zero-order chi connectivity index (χ0) is 21.2. The van der Waals surface area contributed by atoms with Crippen molar-refractivity contribution in [3.63, 3.8) is 0 Å². The fraction of sp³-hybridized carbons (Fsp3) is 0.300. The molecule has 0 spiro atoms. The van der Waals surface area contributed by atoms with Gasteiger partial charge in [-0.1, -0.05) is 47.1 Å². The van der Waals surface area contributed by atoms with Gasteiger partial charge < -0.3 is 9.50 Å². The summed E-state index contributed by atoms with van der Waals surface area (Å²) < 4.78 is 29.8. The average molecular weight is 497 g/mol. The van der Waals surface area contributed by atoms with E-state index in [2.05, 4.69) is 21.2 Å². The molecular weight excluding hydrogens is 476 g/mol. The number of rotatable bonds is 7. The molecule has 1 atom stereocenters. The minimum absolute atomic E-state index is 0.0590. The Morgan fingerprint density at radius 3 is 2.38 bits per heavy atom. The molecule has 1 saturated heterocycles. The second-order valence-electron chi connectivity index (χ2n) is 6.61. The maximum Gasteiger partial charge on any atom is 0.309 e. The number of carbonyl (C=O) groups is 1. The molecule has 6 nitrogen and oxygen atoms in total. The minimum atomic E-state index is -3.64. The molecule has 0 aromatic heterocycles. The number of nitrogens with one attached hydrogen (secondary N) is 1. The van der Waals surface area contributed by atoms with Crippen LogP contribution in [0.2, 0.25) is 0 Å². The number of benzene rings is 2. The van der Waals surface area contributed by atoms with Gasteiger partial charge in [0.25, 0.3) is 5.91 Å². The number of hydrogen-bond acceptors (Lipinski definition) is 5. The van der Waals surface area contributed by atoms with Crippen LogP contribution < -0.4 is 9.50 Å². The third-order valence-corrected chi connectivity index (χ3v) is 6.81. The van der Waals surface area contributed by atoms with Gasteiger partial charge in [0.15, 0.2) is 10.7 Å². The van der Waals surface area contributed by atoms with Crippen LogP contribution in [0.25, 0.3) is 0 Å². The highest BCUT2D eigenvalue weighted by molar-refractivity contribution is 9.10. The molecular formula is C20H21BrN2O4S2. The van der Waals surface area contributed by atoms with Crippen molar-refractivity contribution in [3.05, 3.63) is 64.1 Å². The molecule has 3 rings (SSSR count). The van der Waals surface area contributed by atoms with Crippen LogP contribution in [0.1, 0.15) is 31.4 Å². The number of thiocarbonyl (C=S) groups is 1. The topological polar surface area (TPSA) is 75.7 Å². The molecule has 29 heavy (non-hydrogen) atoms. The van der Waals surface area contributed by atoms with Crippen molar-refractivity contribution in [1.82, 2.24) is 10.2 Å². The summed E-state index contributed by atoms with van der Waals surface area (Å²) in [4.78, 5) is 14.9. The van der Waals surface area contributed by atoms with Crippen LogP contribution in [-0.4, -0.2) is 36.6 Å². The Labute approximate surface area is 184 Å². The predicted octanol–water partition coefficient (Wildman–Crippen LogP) is 3.55. The standard InChI is InChI=1S/C20H21BrN2O4S2/c1-3-12-29(25,26)27-17-10-8-14(9-11-17)20(15-6-5-7-16(21)13-15)18(24)23(4-2)19(28)22-20/h5-11,13H,3-4,12H2,1-2H3,(H,22,28). The van der Waals surface area contributed by atoms with Gasteiger partial charge in [0, 0.05) is 11.0 Å². The molecule has 9 heteroatoms. The first-order chi connectivity index (χ1) is 13.7. The monoisotopic (exact) mass is 496 g/mol. The summed E-state index contributed by atoms with van der Waals surface area (Å²) in [6.07, 6.45) is 0.467. The Hall–Kier alpha value is -1.97. The van der Waals surface area contributed by atoms with Crippen molar-refractivity contribution < 1.29 is 17.4 Å². The van der Waals surface area contributed by atoms with Crippen molar-refractivity contribution in [1.29, 1.82) is 0 Å². The summed E-state index contributed by atoms with van der Waals surface area (Å²) in [6, 6.07) is 13.9. The molecule has 1 fully saturated rings. The highest BCUT2D eigenvalue weighted by Crippen LogP contribution is 2.37. The fourth-order valence-corrected chi connectivity index (χ4v) is 5.09. The van der Waals surface area contributed by atoms with Crippen LogP contribution in [0.5, 0.6) is 5.75 Å². The van der Waals surface area contributed by atoms with Gasteiger partial charge in [-0.15, -0.1) is 0 Å². The van der Waals surface area contributed by atoms with Gasteiger partial charge in [-0.3, -0.25) is 9.69 Å². The molecule has 0 saturated carbocycles. The van der Waals surface area contributed by atoms with Gasteiger partial charge in [-0.25, -0.2) is 0 Å². The van der Waals surface area contributed by atoms with E-state index in [-0.39, 0.29) is 17.4 Å². The molecule has 1 N–H and O–H groups in total.